The molecule has 1 aromatic heterocycles. The normalized spacial score (nSPS) is 23.6. The van der Waals surface area contributed by atoms with Crippen LogP contribution in [0.5, 0.6) is 0 Å². The maximum Gasteiger partial charge on any atom is 0.127 e. The van der Waals surface area contributed by atoms with Crippen molar-refractivity contribution in [3.63, 3.8) is 0 Å². The van der Waals surface area contributed by atoms with Crippen molar-refractivity contribution < 1.29 is 4.74 Å². The fourth-order valence-electron chi connectivity index (χ4n) is 2.22. The molecule has 1 N–H and O–H groups in total. The molecule has 0 amide bonds. The Hall–Kier alpha value is -1.12. The zero-order valence-electron chi connectivity index (χ0n) is 10.2. The van der Waals surface area contributed by atoms with Gasteiger partial charge in [-0.3, -0.25) is 0 Å². The van der Waals surface area contributed by atoms with Crippen molar-refractivity contribution in [2.75, 3.05) is 18.5 Å². The van der Waals surface area contributed by atoms with E-state index in [0.717, 1.165) is 36.7 Å². The number of aromatic nitrogens is 1. The molecule has 2 heterocycles. The first-order valence-corrected chi connectivity index (χ1v) is 6.75. The summed E-state index contributed by atoms with van der Waals surface area (Å²) in [5.74, 6) is 0.550. The number of nitriles is 1. The van der Waals surface area contributed by atoms with Gasteiger partial charge in [0.15, 0.2) is 0 Å². The predicted octanol–water partition coefficient (Wildman–Crippen LogP) is 2.55. The maximum atomic E-state index is 9.03. The van der Waals surface area contributed by atoms with Gasteiger partial charge in [-0.2, -0.15) is 9.64 Å². The van der Waals surface area contributed by atoms with Crippen molar-refractivity contribution in [3.05, 3.63) is 11.3 Å². The van der Waals surface area contributed by atoms with Gasteiger partial charge in [0.05, 0.1) is 11.8 Å². The summed E-state index contributed by atoms with van der Waals surface area (Å²) in [4.78, 5) is 0. The van der Waals surface area contributed by atoms with E-state index in [1.165, 1.54) is 11.5 Å². The van der Waals surface area contributed by atoms with E-state index in [4.69, 9.17) is 10.00 Å². The molecule has 4 nitrogen and oxygen atoms in total. The number of rotatable bonds is 4. The molecule has 0 saturated carbocycles. The molecule has 0 radical (unpaired) electrons. The predicted molar refractivity (Wildman–Crippen MR) is 68.2 cm³/mol. The van der Waals surface area contributed by atoms with E-state index in [0.29, 0.717) is 17.6 Å². The summed E-state index contributed by atoms with van der Waals surface area (Å²) in [7, 11) is 0. The van der Waals surface area contributed by atoms with E-state index in [9.17, 15) is 0 Å². The van der Waals surface area contributed by atoms with Crippen LogP contribution in [-0.2, 0) is 4.74 Å². The van der Waals surface area contributed by atoms with Crippen molar-refractivity contribution >= 4 is 16.5 Å². The van der Waals surface area contributed by atoms with Gasteiger partial charge in [-0.05, 0) is 31.3 Å². The second kappa shape index (κ2) is 5.48. The Morgan fingerprint density at radius 1 is 1.65 bits per heavy atom. The van der Waals surface area contributed by atoms with Crippen LogP contribution in [0.1, 0.15) is 31.0 Å². The van der Waals surface area contributed by atoms with Crippen LogP contribution in [0.15, 0.2) is 0 Å². The molecule has 2 rings (SSSR count). The van der Waals surface area contributed by atoms with Crippen molar-refractivity contribution in [2.24, 2.45) is 5.92 Å². The van der Waals surface area contributed by atoms with Crippen LogP contribution in [0.25, 0.3) is 0 Å². The molecule has 1 aliphatic heterocycles. The average molecular weight is 251 g/mol. The lowest BCUT2D eigenvalue weighted by molar-refractivity contribution is 0.0900. The Bertz CT molecular complexity index is 424. The average Bonchev–Trinajstić information content (AvgIpc) is 2.92. The Morgan fingerprint density at radius 2 is 2.47 bits per heavy atom. The van der Waals surface area contributed by atoms with Crippen LogP contribution in [0.2, 0.25) is 0 Å². The zero-order valence-corrected chi connectivity index (χ0v) is 11.0. The highest BCUT2D eigenvalue weighted by atomic mass is 32.1. The highest BCUT2D eigenvalue weighted by molar-refractivity contribution is 7.10. The van der Waals surface area contributed by atoms with Gasteiger partial charge in [0.1, 0.15) is 16.6 Å². The number of nitrogens with one attached hydrogen (secondary N) is 1. The van der Waals surface area contributed by atoms with Crippen LogP contribution in [0, 0.1) is 24.2 Å². The molecule has 1 aliphatic rings. The highest BCUT2D eigenvalue weighted by Gasteiger charge is 2.26. The van der Waals surface area contributed by atoms with Gasteiger partial charge >= 0.3 is 0 Å². The smallest absolute Gasteiger partial charge is 0.127 e. The van der Waals surface area contributed by atoms with Crippen LogP contribution < -0.4 is 5.32 Å². The number of nitrogens with zero attached hydrogens (tertiary/aromatic N) is 2. The van der Waals surface area contributed by atoms with Gasteiger partial charge in [-0.1, -0.05) is 6.92 Å². The molecule has 1 fully saturated rings. The van der Waals surface area contributed by atoms with Crippen molar-refractivity contribution in [1.29, 1.82) is 5.26 Å². The molecule has 17 heavy (non-hydrogen) atoms. The maximum absolute atomic E-state index is 9.03. The van der Waals surface area contributed by atoms with Gasteiger partial charge in [0.25, 0.3) is 0 Å². The summed E-state index contributed by atoms with van der Waals surface area (Å²) in [6.07, 6.45) is 2.52. The Labute approximate surface area is 106 Å². The summed E-state index contributed by atoms with van der Waals surface area (Å²) >= 11 is 1.37. The lowest BCUT2D eigenvalue weighted by atomic mass is 10.00. The standard InChI is InChI=1S/C12H17N3OS/c1-3-11-9(4-5-16-11)7-14-12-10(6-13)8(2)15-17-12/h9,11,14H,3-5,7H2,1-2H3. The first-order valence-electron chi connectivity index (χ1n) is 5.98. The minimum Gasteiger partial charge on any atom is -0.378 e. The molecule has 0 aromatic carbocycles. The van der Waals surface area contributed by atoms with Crippen LogP contribution in [0.4, 0.5) is 5.00 Å². The quantitative estimate of drug-likeness (QED) is 0.893. The monoisotopic (exact) mass is 251 g/mol. The first-order chi connectivity index (χ1) is 8.26. The minimum absolute atomic E-state index is 0.363. The van der Waals surface area contributed by atoms with E-state index in [1.807, 2.05) is 6.92 Å². The van der Waals surface area contributed by atoms with Gasteiger partial charge in [0, 0.05) is 19.1 Å². The van der Waals surface area contributed by atoms with E-state index in [1.54, 1.807) is 0 Å². The summed E-state index contributed by atoms with van der Waals surface area (Å²) < 4.78 is 9.84. The second-order valence-electron chi connectivity index (χ2n) is 4.33. The topological polar surface area (TPSA) is 57.9 Å². The molecule has 2 atom stereocenters. The Morgan fingerprint density at radius 3 is 3.18 bits per heavy atom. The van der Waals surface area contributed by atoms with E-state index >= 15 is 0 Å². The Kier molecular flexibility index (Phi) is 3.97. The van der Waals surface area contributed by atoms with Crippen molar-refractivity contribution in [2.45, 2.75) is 32.8 Å². The van der Waals surface area contributed by atoms with E-state index < -0.39 is 0 Å². The van der Waals surface area contributed by atoms with Crippen LogP contribution in [-0.4, -0.2) is 23.6 Å². The molecule has 1 saturated heterocycles. The summed E-state index contributed by atoms with van der Waals surface area (Å²) in [6.45, 7) is 5.75. The Balaban J connectivity index is 1.96. The minimum atomic E-state index is 0.363. The summed E-state index contributed by atoms with van der Waals surface area (Å²) in [6, 6.07) is 2.20. The third kappa shape index (κ3) is 2.59. The van der Waals surface area contributed by atoms with E-state index in [2.05, 4.69) is 22.7 Å². The number of hydrogen-bond donors (Lipinski definition) is 1. The molecule has 0 bridgehead atoms. The number of anilines is 1. The lowest BCUT2D eigenvalue weighted by Crippen LogP contribution is -2.22. The lowest BCUT2D eigenvalue weighted by Gasteiger charge is -2.17. The molecule has 1 aromatic rings. The highest BCUT2D eigenvalue weighted by Crippen LogP contribution is 2.27. The molecule has 5 heteroatoms. The fourth-order valence-corrected chi connectivity index (χ4v) is 2.98. The molecular formula is C12H17N3OS. The van der Waals surface area contributed by atoms with Crippen molar-refractivity contribution in [3.8, 4) is 6.07 Å². The zero-order chi connectivity index (χ0) is 12.3. The first kappa shape index (κ1) is 12.3. The second-order valence-corrected chi connectivity index (χ2v) is 5.10. The van der Waals surface area contributed by atoms with E-state index in [-0.39, 0.29) is 0 Å². The molecular weight excluding hydrogens is 234 g/mol. The van der Waals surface area contributed by atoms with Crippen molar-refractivity contribution in [1.82, 2.24) is 4.37 Å². The number of aryl methyl sites for hydroxylation is 1. The van der Waals surface area contributed by atoms with Gasteiger partial charge in [0.2, 0.25) is 0 Å². The van der Waals surface area contributed by atoms with Gasteiger partial charge < -0.3 is 10.1 Å². The number of hydrogen-bond acceptors (Lipinski definition) is 5. The summed E-state index contributed by atoms with van der Waals surface area (Å²) in [5.41, 5.74) is 1.50. The third-order valence-electron chi connectivity index (χ3n) is 3.25. The van der Waals surface area contributed by atoms with Gasteiger partial charge in [-0.25, -0.2) is 0 Å². The molecule has 2 unspecified atom stereocenters. The SMILES string of the molecule is CCC1OCCC1CNc1snc(C)c1C#N. The van der Waals surface area contributed by atoms with Crippen LogP contribution >= 0.6 is 11.5 Å². The molecule has 0 aliphatic carbocycles. The largest absolute Gasteiger partial charge is 0.378 e. The summed E-state index contributed by atoms with van der Waals surface area (Å²) in [5, 5.41) is 13.3. The molecule has 0 spiro atoms. The molecule has 92 valence electrons. The third-order valence-corrected chi connectivity index (χ3v) is 4.14. The fraction of sp³-hybridized carbons (Fsp3) is 0.667. The number of ether oxygens (including phenoxy) is 1. The van der Waals surface area contributed by atoms with Crippen LogP contribution in [0.3, 0.4) is 0 Å². The van der Waals surface area contributed by atoms with Gasteiger partial charge in [-0.15, -0.1) is 0 Å².